The number of nitrogens with zero attached hydrogens (tertiary/aromatic N) is 1. The Morgan fingerprint density at radius 3 is 2.18 bits per heavy atom. The number of methoxy groups -OCH3 is 2. The van der Waals surface area contributed by atoms with Crippen LogP contribution in [-0.2, 0) is 0 Å². The smallest absolute Gasteiger partial charge is 0.261 e. The summed E-state index contributed by atoms with van der Waals surface area (Å²) in [4.78, 5) is 27.5. The van der Waals surface area contributed by atoms with Gasteiger partial charge in [-0.3, -0.25) is 19.8 Å². The highest BCUT2D eigenvalue weighted by Gasteiger charge is 2.20. The van der Waals surface area contributed by atoms with Crippen molar-refractivity contribution in [2.24, 2.45) is 0 Å². The summed E-state index contributed by atoms with van der Waals surface area (Å²) in [5.74, 6) is -0.518. The third-order valence-corrected chi connectivity index (χ3v) is 5.37. The van der Waals surface area contributed by atoms with Crippen LogP contribution in [0.1, 0.15) is 61.8 Å². The van der Waals surface area contributed by atoms with E-state index in [1.165, 1.54) is 38.7 Å². The molecule has 33 heavy (non-hydrogen) atoms. The maximum absolute atomic E-state index is 12.6. The van der Waals surface area contributed by atoms with Gasteiger partial charge in [-0.2, -0.15) is 0 Å². The lowest BCUT2D eigenvalue weighted by molar-refractivity contribution is 0.0930. The van der Waals surface area contributed by atoms with Crippen molar-refractivity contribution in [1.29, 1.82) is 0 Å². The maximum Gasteiger partial charge on any atom is 0.261 e. The molecular weight excluding hydrogens is 426 g/mol. The number of ether oxygens (including phenoxy) is 2. The molecule has 9 nitrogen and oxygen atoms in total. The molecule has 0 saturated carbocycles. The van der Waals surface area contributed by atoms with Gasteiger partial charge in [-0.25, -0.2) is 0 Å². The molecule has 1 aromatic heterocycles. The SMILES string of the molecule is COc1cc(O)c(C(=O)Nc2cc(C(=O)NC(C)CCN(C(C)C)C(C)C)co2)cc1OC. The number of phenols is 1. The number of hydrogen-bond donors (Lipinski definition) is 3. The van der Waals surface area contributed by atoms with Crippen LogP contribution < -0.4 is 20.1 Å². The minimum atomic E-state index is -0.620. The van der Waals surface area contributed by atoms with E-state index < -0.39 is 5.91 Å². The van der Waals surface area contributed by atoms with Gasteiger partial charge in [0.05, 0.1) is 25.3 Å². The van der Waals surface area contributed by atoms with E-state index in [1.807, 2.05) is 6.92 Å². The molecule has 2 rings (SSSR count). The number of carbonyl (C=O) groups excluding carboxylic acids is 2. The van der Waals surface area contributed by atoms with Gasteiger partial charge in [0.2, 0.25) is 0 Å². The van der Waals surface area contributed by atoms with Crippen LogP contribution in [0.4, 0.5) is 5.88 Å². The first-order valence-electron chi connectivity index (χ1n) is 11.0. The van der Waals surface area contributed by atoms with Gasteiger partial charge in [0.15, 0.2) is 17.4 Å². The van der Waals surface area contributed by atoms with Gasteiger partial charge >= 0.3 is 0 Å². The van der Waals surface area contributed by atoms with Crippen molar-refractivity contribution in [3.63, 3.8) is 0 Å². The van der Waals surface area contributed by atoms with Gasteiger partial charge in [0.1, 0.15) is 12.0 Å². The molecule has 0 saturated heterocycles. The highest BCUT2D eigenvalue weighted by Crippen LogP contribution is 2.34. The van der Waals surface area contributed by atoms with Gasteiger partial charge in [-0.15, -0.1) is 0 Å². The molecule has 0 aliphatic rings. The molecule has 9 heteroatoms. The molecule has 1 unspecified atom stereocenters. The van der Waals surface area contributed by atoms with E-state index in [-0.39, 0.29) is 29.1 Å². The summed E-state index contributed by atoms with van der Waals surface area (Å²) < 4.78 is 15.6. The van der Waals surface area contributed by atoms with Crippen molar-refractivity contribution in [3.8, 4) is 17.2 Å². The van der Waals surface area contributed by atoms with Gasteiger partial charge in [0.25, 0.3) is 11.8 Å². The maximum atomic E-state index is 12.6. The average molecular weight is 462 g/mol. The second kappa shape index (κ2) is 11.6. The monoisotopic (exact) mass is 461 g/mol. The minimum absolute atomic E-state index is 0.0245. The van der Waals surface area contributed by atoms with Crippen LogP contribution in [0.3, 0.4) is 0 Å². The number of hydrogen-bond acceptors (Lipinski definition) is 7. The van der Waals surface area contributed by atoms with Crippen LogP contribution in [0.25, 0.3) is 0 Å². The third-order valence-electron chi connectivity index (χ3n) is 5.37. The summed E-state index contributed by atoms with van der Waals surface area (Å²) in [6.45, 7) is 11.5. The fraction of sp³-hybridized carbons (Fsp3) is 0.500. The van der Waals surface area contributed by atoms with Crippen LogP contribution in [0.15, 0.2) is 28.9 Å². The molecule has 182 valence electrons. The topological polar surface area (TPSA) is 113 Å². The summed E-state index contributed by atoms with van der Waals surface area (Å²) >= 11 is 0. The molecule has 0 aliphatic heterocycles. The zero-order chi connectivity index (χ0) is 24.7. The first-order chi connectivity index (χ1) is 15.6. The molecule has 0 bridgehead atoms. The lowest BCUT2D eigenvalue weighted by Crippen LogP contribution is -2.41. The van der Waals surface area contributed by atoms with Gasteiger partial charge in [-0.05, 0) is 41.0 Å². The molecule has 1 heterocycles. The van der Waals surface area contributed by atoms with Crippen LogP contribution in [0, 0.1) is 0 Å². The zero-order valence-electron chi connectivity index (χ0n) is 20.4. The number of rotatable bonds is 11. The van der Waals surface area contributed by atoms with E-state index in [1.54, 1.807) is 0 Å². The van der Waals surface area contributed by atoms with Crippen molar-refractivity contribution in [2.75, 3.05) is 26.1 Å². The van der Waals surface area contributed by atoms with Crippen LogP contribution in [0.2, 0.25) is 0 Å². The van der Waals surface area contributed by atoms with E-state index in [0.29, 0.717) is 29.1 Å². The Morgan fingerprint density at radius 2 is 1.61 bits per heavy atom. The second-order valence-corrected chi connectivity index (χ2v) is 8.47. The first kappa shape index (κ1) is 26.1. The Kier molecular flexibility index (Phi) is 9.16. The van der Waals surface area contributed by atoms with Crippen molar-refractivity contribution >= 4 is 17.7 Å². The lowest BCUT2D eigenvalue weighted by atomic mass is 10.1. The molecule has 3 N–H and O–H groups in total. The molecular formula is C24H35N3O6. The minimum Gasteiger partial charge on any atom is -0.507 e. The van der Waals surface area contributed by atoms with Crippen molar-refractivity contribution in [1.82, 2.24) is 10.2 Å². The highest BCUT2D eigenvalue weighted by atomic mass is 16.5. The number of aromatic hydroxyl groups is 1. The summed E-state index contributed by atoms with van der Waals surface area (Å²) in [5, 5.41) is 15.6. The molecule has 0 radical (unpaired) electrons. The van der Waals surface area contributed by atoms with E-state index in [4.69, 9.17) is 13.9 Å². The molecule has 1 atom stereocenters. The van der Waals surface area contributed by atoms with Crippen molar-refractivity contribution in [3.05, 3.63) is 35.6 Å². The van der Waals surface area contributed by atoms with Gasteiger partial charge in [0, 0.05) is 42.9 Å². The van der Waals surface area contributed by atoms with Crippen molar-refractivity contribution < 1.29 is 28.6 Å². The van der Waals surface area contributed by atoms with E-state index >= 15 is 0 Å². The Morgan fingerprint density at radius 1 is 1.00 bits per heavy atom. The van der Waals surface area contributed by atoms with Gasteiger partial charge in [-0.1, -0.05) is 0 Å². The Hall–Kier alpha value is -3.20. The third kappa shape index (κ3) is 6.89. The second-order valence-electron chi connectivity index (χ2n) is 8.47. The van der Waals surface area contributed by atoms with Crippen LogP contribution >= 0.6 is 0 Å². The number of benzene rings is 1. The number of furan rings is 1. The summed E-state index contributed by atoms with van der Waals surface area (Å²) in [6.07, 6.45) is 2.09. The molecule has 1 aromatic carbocycles. The van der Waals surface area contributed by atoms with Crippen molar-refractivity contribution in [2.45, 2.75) is 59.2 Å². The standard InChI is InChI=1S/C24H35N3O6/c1-14(2)27(15(3)4)9-8-16(5)25-23(29)17-10-22(33-13-17)26-24(30)18-11-20(31-6)21(32-7)12-19(18)28/h10-16,28H,8-9H2,1-7H3,(H,25,29)(H,26,30). The fourth-order valence-corrected chi connectivity index (χ4v) is 3.58. The molecule has 2 amide bonds. The highest BCUT2D eigenvalue weighted by molar-refractivity contribution is 6.06. The summed E-state index contributed by atoms with van der Waals surface area (Å²) in [5.41, 5.74) is 0.266. The largest absolute Gasteiger partial charge is 0.507 e. The Balaban J connectivity index is 1.99. The first-order valence-corrected chi connectivity index (χ1v) is 11.0. The summed E-state index contributed by atoms with van der Waals surface area (Å²) in [7, 11) is 2.86. The van der Waals surface area contributed by atoms with Gasteiger partial charge < -0.3 is 24.3 Å². The summed E-state index contributed by atoms with van der Waals surface area (Å²) in [6, 6.07) is 4.91. The zero-order valence-corrected chi connectivity index (χ0v) is 20.4. The average Bonchev–Trinajstić information content (AvgIpc) is 3.21. The molecule has 2 aromatic rings. The predicted octanol–water partition coefficient (Wildman–Crippen LogP) is 3.88. The number of amides is 2. The molecule has 0 fully saturated rings. The Bertz CT molecular complexity index is 946. The number of nitrogens with one attached hydrogen (secondary N) is 2. The van der Waals surface area contributed by atoms with Crippen LogP contribution in [-0.4, -0.2) is 60.7 Å². The number of carbonyl (C=O) groups is 2. The molecule has 0 aliphatic carbocycles. The van der Waals surface area contributed by atoms with E-state index in [9.17, 15) is 14.7 Å². The van der Waals surface area contributed by atoms with E-state index in [0.717, 1.165) is 13.0 Å². The quantitative estimate of drug-likeness (QED) is 0.465. The molecule has 0 spiro atoms. The fourth-order valence-electron chi connectivity index (χ4n) is 3.58. The Labute approximate surface area is 195 Å². The van der Waals surface area contributed by atoms with E-state index in [2.05, 4.69) is 43.2 Å². The normalized spacial score (nSPS) is 12.2. The van der Waals surface area contributed by atoms with Crippen LogP contribution in [0.5, 0.6) is 17.2 Å². The number of phenolic OH excluding ortho intramolecular Hbond substituents is 1. The number of anilines is 1. The predicted molar refractivity (Wildman–Crippen MR) is 126 cm³/mol. The lowest BCUT2D eigenvalue weighted by Gasteiger charge is -2.31.